The van der Waals surface area contributed by atoms with Gasteiger partial charge < -0.3 is 74.4 Å². The first kappa shape index (κ1) is 47.2. The van der Waals surface area contributed by atoms with Gasteiger partial charge in [-0.25, -0.2) is 0 Å². The summed E-state index contributed by atoms with van der Waals surface area (Å²) in [7, 11) is 0. The van der Waals surface area contributed by atoms with E-state index in [-0.39, 0.29) is 59.2 Å². The predicted octanol–water partition coefficient (Wildman–Crippen LogP) is 1.98. The number of carboxylic acids is 1. The van der Waals surface area contributed by atoms with E-state index in [1.54, 1.807) is 0 Å². The lowest BCUT2D eigenvalue weighted by Crippen LogP contribution is -2.67. The van der Waals surface area contributed by atoms with Crippen LogP contribution in [0.3, 0.4) is 0 Å². The fourth-order valence-corrected chi connectivity index (χ4v) is 14.5. The van der Waals surface area contributed by atoms with E-state index in [1.807, 2.05) is 0 Å². The van der Waals surface area contributed by atoms with Crippen molar-refractivity contribution in [3.63, 3.8) is 0 Å². The number of hydrogen-bond donors (Lipinski definition) is 9. The van der Waals surface area contributed by atoms with Gasteiger partial charge in [0.1, 0.15) is 54.9 Å². The van der Waals surface area contributed by atoms with Gasteiger partial charge in [-0.2, -0.15) is 0 Å². The van der Waals surface area contributed by atoms with Gasteiger partial charge in [0, 0.05) is 5.41 Å². The minimum atomic E-state index is -1.73. The van der Waals surface area contributed by atoms with Crippen LogP contribution >= 0.6 is 0 Å². The van der Waals surface area contributed by atoms with Crippen molar-refractivity contribution >= 4 is 5.97 Å². The van der Waals surface area contributed by atoms with E-state index in [0.29, 0.717) is 19.3 Å². The Labute approximate surface area is 364 Å². The van der Waals surface area contributed by atoms with Crippen LogP contribution in [0.4, 0.5) is 0 Å². The zero-order valence-corrected chi connectivity index (χ0v) is 37.5. The van der Waals surface area contributed by atoms with Crippen LogP contribution < -0.4 is 0 Å². The summed E-state index contributed by atoms with van der Waals surface area (Å²) in [5.74, 6) is -0.342. The Morgan fingerprint density at radius 3 is 2.03 bits per heavy atom. The molecule has 9 N–H and O–H groups in total. The highest BCUT2D eigenvalue weighted by atomic mass is 16.8. The van der Waals surface area contributed by atoms with Crippen LogP contribution in [0.5, 0.6) is 0 Å². The number of hydrogen-bond acceptors (Lipinski definition) is 15. The van der Waals surface area contributed by atoms with E-state index >= 15 is 0 Å². The average molecular weight is 883 g/mol. The van der Waals surface area contributed by atoms with Gasteiger partial charge in [-0.05, 0) is 111 Å². The molecule has 0 unspecified atom stereocenters. The molecule has 0 aromatic carbocycles. The molecule has 354 valence electrons. The topological polar surface area (TPSA) is 255 Å². The number of carbonyl (C=O) groups is 1. The lowest BCUT2D eigenvalue weighted by molar-refractivity contribution is -0.379. The van der Waals surface area contributed by atoms with E-state index in [0.717, 1.165) is 44.9 Å². The van der Waals surface area contributed by atoms with Crippen LogP contribution in [0.15, 0.2) is 11.6 Å². The number of ether oxygens (including phenoxy) is 6. The Balaban J connectivity index is 1.02. The molecule has 7 fully saturated rings. The summed E-state index contributed by atoms with van der Waals surface area (Å²) in [4.78, 5) is 13.1. The second-order valence-electron chi connectivity index (χ2n) is 22.4. The van der Waals surface area contributed by atoms with E-state index < -0.39 is 103 Å². The molecule has 8 aliphatic rings. The van der Waals surface area contributed by atoms with Crippen molar-refractivity contribution in [2.24, 2.45) is 50.2 Å². The molecule has 62 heavy (non-hydrogen) atoms. The van der Waals surface area contributed by atoms with Gasteiger partial charge in [-0.3, -0.25) is 4.79 Å². The Kier molecular flexibility index (Phi) is 12.5. The summed E-state index contributed by atoms with van der Waals surface area (Å²) >= 11 is 0. The molecule has 16 heteroatoms. The first-order chi connectivity index (χ1) is 29.0. The van der Waals surface area contributed by atoms with E-state index in [2.05, 4.69) is 47.6 Å². The fraction of sp³-hybridized carbons (Fsp3) is 0.935. The van der Waals surface area contributed by atoms with Gasteiger partial charge in [0.15, 0.2) is 18.9 Å². The maximum atomic E-state index is 13.1. The highest BCUT2D eigenvalue weighted by Crippen LogP contribution is 2.76. The molecular weight excluding hydrogens is 808 g/mol. The largest absolute Gasteiger partial charge is 0.481 e. The van der Waals surface area contributed by atoms with Crippen LogP contribution in [-0.2, 0) is 33.2 Å². The standard InChI is InChI=1S/C46H74O16/c1-22-30(50)35(61-37-33(53)31(51)25(48)19-57-37)34(54)38(59-22)62-36-32(52)26(49)20-58-39(36)60-29-11-12-42(4)27(43(29,5)21-47)10-13-45(7)28(42)9-8-23-24-18-41(2,3)14-16-46(24,40(55)56)17-15-44(23,45)6/h8,22,24-39,47-54H,9-21H2,1-7H3,(H,55,56)/t22-,24-,25+,26+,27+,28+,29-,30-,31-,32+,33+,34+,35+,36-,37-,38-,39+,42-,43-,44+,45+,46-/m0/s1. The van der Waals surface area contributed by atoms with Crippen LogP contribution in [0, 0.1) is 50.2 Å². The Hall–Kier alpha value is -1.35. The number of carboxylic acid groups (broad SMARTS) is 1. The van der Waals surface area contributed by atoms with Crippen molar-refractivity contribution in [3.8, 4) is 0 Å². The molecule has 5 aliphatic carbocycles. The Morgan fingerprint density at radius 1 is 0.710 bits per heavy atom. The third-order valence-corrected chi connectivity index (χ3v) is 18.7. The number of fused-ring (bicyclic) bond motifs is 7. The number of rotatable bonds is 8. The summed E-state index contributed by atoms with van der Waals surface area (Å²) in [5, 5.41) is 97.4. The maximum Gasteiger partial charge on any atom is 0.310 e. The molecule has 0 amide bonds. The van der Waals surface area contributed by atoms with Crippen molar-refractivity contribution in [1.29, 1.82) is 0 Å². The summed E-state index contributed by atoms with van der Waals surface area (Å²) < 4.78 is 36.0. The third kappa shape index (κ3) is 7.19. The van der Waals surface area contributed by atoms with E-state index in [1.165, 1.54) is 12.5 Å². The molecule has 22 atom stereocenters. The van der Waals surface area contributed by atoms with Gasteiger partial charge in [0.2, 0.25) is 0 Å². The molecule has 16 nitrogen and oxygen atoms in total. The van der Waals surface area contributed by atoms with Gasteiger partial charge in [-0.1, -0.05) is 53.2 Å². The van der Waals surface area contributed by atoms with E-state index in [4.69, 9.17) is 28.4 Å². The molecule has 3 aliphatic heterocycles. The van der Waals surface area contributed by atoms with Crippen molar-refractivity contribution < 1.29 is 79.2 Å². The molecule has 0 bridgehead atoms. The maximum absolute atomic E-state index is 13.1. The molecule has 0 aromatic heterocycles. The normalized spacial score (nSPS) is 55.1. The van der Waals surface area contributed by atoms with Gasteiger partial charge in [0.05, 0.1) is 37.4 Å². The van der Waals surface area contributed by atoms with Crippen LogP contribution in [-0.4, -0.2) is 158 Å². The Bertz CT molecular complexity index is 1690. The molecule has 3 saturated heterocycles. The first-order valence-corrected chi connectivity index (χ1v) is 23.1. The fourth-order valence-electron chi connectivity index (χ4n) is 14.5. The van der Waals surface area contributed by atoms with Crippen LogP contribution in [0.2, 0.25) is 0 Å². The number of aliphatic hydroxyl groups is 8. The molecule has 0 radical (unpaired) electrons. The van der Waals surface area contributed by atoms with E-state index in [9.17, 15) is 50.8 Å². The smallest absolute Gasteiger partial charge is 0.310 e. The van der Waals surface area contributed by atoms with Gasteiger partial charge in [0.25, 0.3) is 0 Å². The molecule has 0 spiro atoms. The summed E-state index contributed by atoms with van der Waals surface area (Å²) in [6.07, 6.45) is -9.19. The zero-order chi connectivity index (χ0) is 45.1. The highest BCUT2D eigenvalue weighted by molar-refractivity contribution is 5.76. The van der Waals surface area contributed by atoms with Gasteiger partial charge in [-0.15, -0.1) is 0 Å². The Morgan fingerprint density at radius 2 is 1.35 bits per heavy atom. The summed E-state index contributed by atoms with van der Waals surface area (Å²) in [6, 6.07) is 0. The highest BCUT2D eigenvalue weighted by Gasteiger charge is 2.70. The van der Waals surface area contributed by atoms with Crippen molar-refractivity contribution in [1.82, 2.24) is 0 Å². The van der Waals surface area contributed by atoms with Crippen LogP contribution in [0.25, 0.3) is 0 Å². The number of allylic oxidation sites excluding steroid dienone is 2. The second-order valence-corrected chi connectivity index (χ2v) is 22.4. The molecule has 8 rings (SSSR count). The molecule has 0 aromatic rings. The molecule has 4 saturated carbocycles. The molecular formula is C46H74O16. The lowest BCUT2D eigenvalue weighted by atomic mass is 9.33. The van der Waals surface area contributed by atoms with Crippen molar-refractivity contribution in [2.75, 3.05) is 19.8 Å². The zero-order valence-electron chi connectivity index (χ0n) is 37.5. The van der Waals surface area contributed by atoms with Crippen LogP contribution in [0.1, 0.15) is 113 Å². The SMILES string of the molecule is C[C@@H]1O[C@@H](O[C@@H]2[C@@H](O[C@H]3CC[C@@]4(C)[C@@H](CC[C@]5(C)[C@@H]4CC=C4[C@@H]6CC(C)(C)CC[C@]6(C(=O)O)CC[C@]45C)[C@]3(C)CO)OC[C@@H](O)[C@H]2O)[C@H](O)[C@H](O[C@@H]2OC[C@@H](O)[C@H](O)[C@H]2O)[C@H]1O. The first-order valence-electron chi connectivity index (χ1n) is 23.1. The third-order valence-electron chi connectivity index (χ3n) is 18.7. The van der Waals surface area contributed by atoms with Gasteiger partial charge >= 0.3 is 5.97 Å². The number of aliphatic carboxylic acids is 1. The number of aliphatic hydroxyl groups excluding tert-OH is 8. The second kappa shape index (κ2) is 16.5. The quantitative estimate of drug-likeness (QED) is 0.125. The van der Waals surface area contributed by atoms with Crippen molar-refractivity contribution in [3.05, 3.63) is 11.6 Å². The molecule has 3 heterocycles. The predicted molar refractivity (Wildman–Crippen MR) is 219 cm³/mol. The minimum Gasteiger partial charge on any atom is -0.481 e. The lowest BCUT2D eigenvalue weighted by Gasteiger charge is -2.71. The monoisotopic (exact) mass is 882 g/mol. The summed E-state index contributed by atoms with van der Waals surface area (Å²) in [6.45, 7) is 14.5. The van der Waals surface area contributed by atoms with Crippen molar-refractivity contribution in [2.45, 2.75) is 199 Å². The average Bonchev–Trinajstić information content (AvgIpc) is 3.21. The minimum absolute atomic E-state index is 0.00631. The summed E-state index contributed by atoms with van der Waals surface area (Å²) in [5.41, 5.74) is -0.519.